The van der Waals surface area contributed by atoms with E-state index in [4.69, 9.17) is 9.47 Å². The topological polar surface area (TPSA) is 67.9 Å². The highest BCUT2D eigenvalue weighted by Gasteiger charge is 2.25. The zero-order chi connectivity index (χ0) is 18.5. The second-order valence-corrected chi connectivity index (χ2v) is 6.02. The summed E-state index contributed by atoms with van der Waals surface area (Å²) in [5.74, 6) is 0.812. The Hall–Kier alpha value is -3.02. The number of carbonyl (C=O) groups is 2. The van der Waals surface area contributed by atoms with Crippen molar-refractivity contribution in [3.63, 3.8) is 0 Å². The number of para-hydroxylation sites is 1. The minimum absolute atomic E-state index is 0.0453. The number of methoxy groups -OCH3 is 1. The number of rotatable bonds is 6. The van der Waals surface area contributed by atoms with E-state index in [1.807, 2.05) is 6.07 Å². The molecule has 1 heterocycles. The number of nitrogens with one attached hydrogen (secondary N) is 1. The number of unbranched alkanes of at least 4 members (excludes halogenated alkanes) is 1. The molecule has 0 saturated heterocycles. The fourth-order valence-electron chi connectivity index (χ4n) is 2.87. The number of fused-ring (bicyclic) bond motifs is 1. The first kappa shape index (κ1) is 17.8. The Labute approximate surface area is 152 Å². The largest absolute Gasteiger partial charge is 0.496 e. The summed E-state index contributed by atoms with van der Waals surface area (Å²) in [6.45, 7) is 2.76. The first-order chi connectivity index (χ1) is 12.6. The van der Waals surface area contributed by atoms with Crippen LogP contribution in [0.15, 0.2) is 42.5 Å². The zero-order valence-electron chi connectivity index (χ0n) is 15.0. The number of nitrogens with zero attached hydrogens (tertiary/aromatic N) is 1. The Kier molecular flexibility index (Phi) is 5.41. The molecule has 1 N–H and O–H groups in total. The van der Waals surface area contributed by atoms with Gasteiger partial charge in [0.25, 0.3) is 11.8 Å². The fraction of sp³-hybridized carbons (Fsp3) is 0.300. The smallest absolute Gasteiger partial charge is 0.265 e. The van der Waals surface area contributed by atoms with Gasteiger partial charge in [-0.2, -0.15) is 0 Å². The number of ether oxygens (including phenoxy) is 2. The summed E-state index contributed by atoms with van der Waals surface area (Å²) >= 11 is 0. The fourth-order valence-corrected chi connectivity index (χ4v) is 2.87. The van der Waals surface area contributed by atoms with Crippen LogP contribution in [0.1, 0.15) is 30.1 Å². The summed E-state index contributed by atoms with van der Waals surface area (Å²) in [5, 5.41) is 2.86. The molecule has 0 bridgehead atoms. The molecule has 3 rings (SSSR count). The molecule has 0 radical (unpaired) electrons. The van der Waals surface area contributed by atoms with Gasteiger partial charge in [-0.15, -0.1) is 0 Å². The standard InChI is InChI=1S/C20H22N2O4/c1-3-4-11-22-16-12-14(9-10-18(16)26-13-19(22)23)21-20(24)15-7-5-6-8-17(15)25-2/h5-10,12H,3-4,11,13H2,1-2H3,(H,21,24). The third kappa shape index (κ3) is 3.64. The Bertz CT molecular complexity index is 819. The molecule has 0 unspecified atom stereocenters. The first-order valence-electron chi connectivity index (χ1n) is 8.65. The summed E-state index contributed by atoms with van der Waals surface area (Å²) in [7, 11) is 1.53. The molecule has 1 aliphatic rings. The van der Waals surface area contributed by atoms with E-state index in [0.29, 0.717) is 35.0 Å². The number of benzene rings is 2. The van der Waals surface area contributed by atoms with Crippen LogP contribution in [0, 0.1) is 0 Å². The lowest BCUT2D eigenvalue weighted by atomic mass is 10.1. The maximum Gasteiger partial charge on any atom is 0.265 e. The second kappa shape index (κ2) is 7.91. The molecule has 0 aromatic heterocycles. The van der Waals surface area contributed by atoms with Crippen LogP contribution in [-0.2, 0) is 4.79 Å². The number of carbonyl (C=O) groups excluding carboxylic acids is 2. The van der Waals surface area contributed by atoms with Crippen molar-refractivity contribution in [3.05, 3.63) is 48.0 Å². The van der Waals surface area contributed by atoms with Crippen LogP contribution in [0.4, 0.5) is 11.4 Å². The van der Waals surface area contributed by atoms with Gasteiger partial charge < -0.3 is 19.7 Å². The minimum Gasteiger partial charge on any atom is -0.496 e. The normalized spacial score (nSPS) is 13.0. The minimum atomic E-state index is -0.273. The van der Waals surface area contributed by atoms with Gasteiger partial charge in [-0.05, 0) is 36.8 Å². The van der Waals surface area contributed by atoms with Crippen molar-refractivity contribution in [2.75, 3.05) is 30.5 Å². The molecule has 2 aromatic rings. The summed E-state index contributed by atoms with van der Waals surface area (Å²) in [5.41, 5.74) is 1.73. The average Bonchev–Trinajstić information content (AvgIpc) is 2.67. The third-order valence-electron chi connectivity index (χ3n) is 4.25. The lowest BCUT2D eigenvalue weighted by Crippen LogP contribution is -2.39. The summed E-state index contributed by atoms with van der Waals surface area (Å²) in [6, 6.07) is 12.3. The van der Waals surface area contributed by atoms with Gasteiger partial charge >= 0.3 is 0 Å². The van der Waals surface area contributed by atoms with Crippen LogP contribution in [-0.4, -0.2) is 32.1 Å². The molecule has 0 aliphatic carbocycles. The highest BCUT2D eigenvalue weighted by Crippen LogP contribution is 2.35. The molecule has 2 amide bonds. The van der Waals surface area contributed by atoms with Gasteiger partial charge in [-0.1, -0.05) is 25.5 Å². The van der Waals surface area contributed by atoms with Gasteiger partial charge in [-0.3, -0.25) is 9.59 Å². The average molecular weight is 354 g/mol. The summed E-state index contributed by atoms with van der Waals surface area (Å²) < 4.78 is 10.7. The van der Waals surface area contributed by atoms with E-state index >= 15 is 0 Å². The Balaban J connectivity index is 1.85. The third-order valence-corrected chi connectivity index (χ3v) is 4.25. The van der Waals surface area contributed by atoms with Crippen LogP contribution in [0.2, 0.25) is 0 Å². The van der Waals surface area contributed by atoms with Crippen LogP contribution < -0.4 is 19.7 Å². The van der Waals surface area contributed by atoms with Crippen molar-refractivity contribution in [3.8, 4) is 11.5 Å². The van der Waals surface area contributed by atoms with E-state index in [2.05, 4.69) is 12.2 Å². The Morgan fingerprint density at radius 1 is 1.27 bits per heavy atom. The van der Waals surface area contributed by atoms with Crippen LogP contribution in [0.5, 0.6) is 11.5 Å². The quantitative estimate of drug-likeness (QED) is 0.862. The molecule has 1 aliphatic heterocycles. The van der Waals surface area contributed by atoms with E-state index in [1.165, 1.54) is 7.11 Å². The van der Waals surface area contributed by atoms with Gasteiger partial charge in [-0.25, -0.2) is 0 Å². The first-order valence-corrected chi connectivity index (χ1v) is 8.65. The van der Waals surface area contributed by atoms with Crippen molar-refractivity contribution in [1.82, 2.24) is 0 Å². The van der Waals surface area contributed by atoms with Crippen molar-refractivity contribution >= 4 is 23.2 Å². The van der Waals surface area contributed by atoms with E-state index < -0.39 is 0 Å². The van der Waals surface area contributed by atoms with E-state index in [1.54, 1.807) is 41.3 Å². The van der Waals surface area contributed by atoms with Gasteiger partial charge in [0, 0.05) is 12.2 Å². The van der Waals surface area contributed by atoms with Crippen molar-refractivity contribution in [2.45, 2.75) is 19.8 Å². The van der Waals surface area contributed by atoms with Crippen LogP contribution in [0.3, 0.4) is 0 Å². The van der Waals surface area contributed by atoms with Crippen LogP contribution >= 0.6 is 0 Å². The number of anilines is 2. The molecule has 6 heteroatoms. The lowest BCUT2D eigenvalue weighted by Gasteiger charge is -2.29. The monoisotopic (exact) mass is 354 g/mol. The van der Waals surface area contributed by atoms with E-state index in [-0.39, 0.29) is 18.4 Å². The Morgan fingerprint density at radius 3 is 2.85 bits per heavy atom. The summed E-state index contributed by atoms with van der Waals surface area (Å²) in [6.07, 6.45) is 1.90. The second-order valence-electron chi connectivity index (χ2n) is 6.02. The molecule has 136 valence electrons. The van der Waals surface area contributed by atoms with Crippen molar-refractivity contribution in [1.29, 1.82) is 0 Å². The Morgan fingerprint density at radius 2 is 2.08 bits per heavy atom. The van der Waals surface area contributed by atoms with Crippen molar-refractivity contribution in [2.24, 2.45) is 0 Å². The van der Waals surface area contributed by atoms with Gasteiger partial charge in [0.15, 0.2) is 6.61 Å². The molecule has 0 fully saturated rings. The number of amides is 2. The molecular weight excluding hydrogens is 332 g/mol. The van der Waals surface area contributed by atoms with Gasteiger partial charge in [0.2, 0.25) is 0 Å². The van der Waals surface area contributed by atoms with Gasteiger partial charge in [0.05, 0.1) is 18.4 Å². The van der Waals surface area contributed by atoms with E-state index in [9.17, 15) is 9.59 Å². The molecule has 0 saturated carbocycles. The number of hydrogen-bond acceptors (Lipinski definition) is 4. The summed E-state index contributed by atoms with van der Waals surface area (Å²) in [4.78, 5) is 26.5. The molecule has 6 nitrogen and oxygen atoms in total. The van der Waals surface area contributed by atoms with Crippen LogP contribution in [0.25, 0.3) is 0 Å². The molecule has 26 heavy (non-hydrogen) atoms. The van der Waals surface area contributed by atoms with Crippen molar-refractivity contribution < 1.29 is 19.1 Å². The van der Waals surface area contributed by atoms with E-state index in [0.717, 1.165) is 12.8 Å². The highest BCUT2D eigenvalue weighted by atomic mass is 16.5. The lowest BCUT2D eigenvalue weighted by molar-refractivity contribution is -0.121. The molecule has 0 atom stereocenters. The SMILES string of the molecule is CCCCN1C(=O)COc2ccc(NC(=O)c3ccccc3OC)cc21. The molecular formula is C20H22N2O4. The predicted octanol–water partition coefficient (Wildman–Crippen LogP) is 3.47. The zero-order valence-corrected chi connectivity index (χ0v) is 15.0. The maximum atomic E-state index is 12.6. The predicted molar refractivity (Wildman–Crippen MR) is 100 cm³/mol. The highest BCUT2D eigenvalue weighted by molar-refractivity contribution is 6.07. The molecule has 0 spiro atoms. The van der Waals surface area contributed by atoms with Gasteiger partial charge in [0.1, 0.15) is 11.5 Å². The molecule has 2 aromatic carbocycles. The maximum absolute atomic E-state index is 12.6. The number of hydrogen-bond donors (Lipinski definition) is 1.